The molecule has 8 heteroatoms. The fourth-order valence-corrected chi connectivity index (χ4v) is 6.81. The summed E-state index contributed by atoms with van der Waals surface area (Å²) in [6, 6.07) is -1.41. The second-order valence-electron chi connectivity index (χ2n) is 12.7. The molecular formula is C26H45N3O5. The third kappa shape index (κ3) is 4.72. The number of aliphatic hydroxyl groups is 1. The van der Waals surface area contributed by atoms with E-state index in [9.17, 15) is 19.5 Å². The van der Waals surface area contributed by atoms with Crippen LogP contribution in [-0.2, 0) is 19.1 Å². The molecule has 3 fully saturated rings. The van der Waals surface area contributed by atoms with Gasteiger partial charge in [0.15, 0.2) is 0 Å². The van der Waals surface area contributed by atoms with Gasteiger partial charge >= 0.3 is 0 Å². The van der Waals surface area contributed by atoms with Crippen LogP contribution in [0, 0.1) is 23.2 Å². The molecule has 3 N–H and O–H groups in total. The van der Waals surface area contributed by atoms with Crippen molar-refractivity contribution < 1.29 is 24.2 Å². The smallest absolute Gasteiger partial charge is 0.246 e. The zero-order chi connectivity index (χ0) is 25.6. The van der Waals surface area contributed by atoms with Gasteiger partial charge in [-0.3, -0.25) is 14.4 Å². The molecule has 3 amide bonds. The molecule has 2 unspecified atom stereocenters. The van der Waals surface area contributed by atoms with Crippen molar-refractivity contribution in [3.63, 3.8) is 0 Å². The fourth-order valence-electron chi connectivity index (χ4n) is 6.81. The van der Waals surface area contributed by atoms with E-state index in [1.807, 2.05) is 34.6 Å². The highest BCUT2D eigenvalue weighted by Gasteiger charge is 2.75. The van der Waals surface area contributed by atoms with Crippen molar-refractivity contribution in [3.05, 3.63) is 0 Å². The van der Waals surface area contributed by atoms with Gasteiger partial charge in [-0.05, 0) is 50.9 Å². The largest absolute Gasteiger partial charge is 0.394 e. The number of carbonyl (C=O) groups excluding carboxylic acids is 3. The quantitative estimate of drug-likeness (QED) is 0.470. The molecule has 3 rings (SSSR count). The lowest BCUT2D eigenvalue weighted by atomic mass is 9.70. The van der Waals surface area contributed by atoms with E-state index in [0.717, 1.165) is 12.8 Å². The standard InChI is InChI=1S/C26H45N3O5/c1-9-12-27-21(31)18-17-10-11-26(34-17)19(18)23(33)29(16(13-30)15(2)3)20(26)22(32)28-25(7,8)14-24(4,5)6/h15-20,30H,9-14H2,1-8H3,(H,27,31)(H,28,32)/t16-,17-,18+,19-,20?,26?/m0/s1. The first-order valence-corrected chi connectivity index (χ1v) is 12.9. The first-order valence-electron chi connectivity index (χ1n) is 12.9. The third-order valence-corrected chi connectivity index (χ3v) is 7.59. The average molecular weight is 480 g/mol. The van der Waals surface area contributed by atoms with Gasteiger partial charge in [-0.25, -0.2) is 0 Å². The molecule has 8 nitrogen and oxygen atoms in total. The second-order valence-corrected chi connectivity index (χ2v) is 12.7. The van der Waals surface area contributed by atoms with Gasteiger partial charge in [-0.1, -0.05) is 41.5 Å². The Kier molecular flexibility index (Phi) is 7.46. The normalized spacial score (nSPS) is 31.7. The van der Waals surface area contributed by atoms with E-state index < -0.39 is 35.1 Å². The van der Waals surface area contributed by atoms with Crippen molar-refractivity contribution in [2.45, 2.75) is 110 Å². The van der Waals surface area contributed by atoms with E-state index >= 15 is 0 Å². The van der Waals surface area contributed by atoms with E-state index in [1.165, 1.54) is 0 Å². The van der Waals surface area contributed by atoms with Gasteiger partial charge in [0.2, 0.25) is 17.7 Å². The lowest BCUT2D eigenvalue weighted by molar-refractivity contribution is -0.147. The Morgan fingerprint density at radius 3 is 2.38 bits per heavy atom. The minimum absolute atomic E-state index is 0.000869. The number of hydrogen-bond donors (Lipinski definition) is 3. The number of likely N-dealkylation sites (tertiary alicyclic amines) is 1. The first kappa shape index (κ1) is 26.9. The average Bonchev–Trinajstić information content (AvgIpc) is 3.32. The van der Waals surface area contributed by atoms with Gasteiger partial charge in [-0.2, -0.15) is 0 Å². The maximum Gasteiger partial charge on any atom is 0.246 e. The van der Waals surface area contributed by atoms with E-state index in [1.54, 1.807) is 4.90 Å². The van der Waals surface area contributed by atoms with Crippen LogP contribution in [0.1, 0.15) is 81.1 Å². The highest BCUT2D eigenvalue weighted by molar-refractivity contribution is 5.99. The molecule has 0 radical (unpaired) electrons. The van der Waals surface area contributed by atoms with Gasteiger partial charge in [0.25, 0.3) is 0 Å². The van der Waals surface area contributed by atoms with Crippen LogP contribution in [0.3, 0.4) is 0 Å². The predicted molar refractivity (Wildman–Crippen MR) is 130 cm³/mol. The summed E-state index contributed by atoms with van der Waals surface area (Å²) >= 11 is 0. The van der Waals surface area contributed by atoms with Crippen LogP contribution >= 0.6 is 0 Å². The summed E-state index contributed by atoms with van der Waals surface area (Å²) < 4.78 is 6.46. The van der Waals surface area contributed by atoms with Gasteiger partial charge in [0, 0.05) is 12.1 Å². The van der Waals surface area contributed by atoms with Crippen molar-refractivity contribution in [2.75, 3.05) is 13.2 Å². The van der Waals surface area contributed by atoms with Crippen LogP contribution in [0.15, 0.2) is 0 Å². The summed E-state index contributed by atoms with van der Waals surface area (Å²) in [4.78, 5) is 42.6. The number of nitrogens with one attached hydrogen (secondary N) is 2. The van der Waals surface area contributed by atoms with E-state index in [2.05, 4.69) is 31.4 Å². The van der Waals surface area contributed by atoms with Gasteiger partial charge in [0.1, 0.15) is 11.6 Å². The summed E-state index contributed by atoms with van der Waals surface area (Å²) in [6.45, 7) is 16.5. The molecule has 1 spiro atoms. The molecule has 3 aliphatic heterocycles. The van der Waals surface area contributed by atoms with Crippen LogP contribution in [-0.4, -0.2) is 70.2 Å². The minimum atomic E-state index is -1.04. The number of ether oxygens (including phenoxy) is 1. The molecule has 0 saturated carbocycles. The molecule has 194 valence electrons. The summed E-state index contributed by atoms with van der Waals surface area (Å²) in [5.41, 5.74) is -1.54. The van der Waals surface area contributed by atoms with Crippen molar-refractivity contribution in [1.82, 2.24) is 15.5 Å². The number of nitrogens with zero attached hydrogens (tertiary/aromatic N) is 1. The lowest BCUT2D eigenvalue weighted by Crippen LogP contribution is -2.61. The minimum Gasteiger partial charge on any atom is -0.394 e. The number of fused-ring (bicyclic) bond motifs is 1. The van der Waals surface area contributed by atoms with Crippen LogP contribution in [0.5, 0.6) is 0 Å². The Morgan fingerprint density at radius 1 is 1.21 bits per heavy atom. The summed E-state index contributed by atoms with van der Waals surface area (Å²) in [5, 5.41) is 16.4. The van der Waals surface area contributed by atoms with Crippen LogP contribution in [0.2, 0.25) is 0 Å². The Bertz CT molecular complexity index is 805. The molecule has 34 heavy (non-hydrogen) atoms. The summed E-state index contributed by atoms with van der Waals surface area (Å²) in [6.07, 6.45) is 2.38. The van der Waals surface area contributed by atoms with Gasteiger partial charge < -0.3 is 25.4 Å². The molecule has 0 aromatic rings. The van der Waals surface area contributed by atoms with Crippen LogP contribution in [0.4, 0.5) is 0 Å². The topological polar surface area (TPSA) is 108 Å². The van der Waals surface area contributed by atoms with Crippen LogP contribution in [0.25, 0.3) is 0 Å². The zero-order valence-corrected chi connectivity index (χ0v) is 22.2. The number of carbonyl (C=O) groups is 3. The highest BCUT2D eigenvalue weighted by Crippen LogP contribution is 2.59. The van der Waals surface area contributed by atoms with Gasteiger partial charge in [0.05, 0.1) is 30.6 Å². The zero-order valence-electron chi connectivity index (χ0n) is 22.2. The molecule has 6 atom stereocenters. The fraction of sp³-hybridized carbons (Fsp3) is 0.885. The summed E-state index contributed by atoms with van der Waals surface area (Å²) in [7, 11) is 0. The Balaban J connectivity index is 2.01. The Morgan fingerprint density at radius 2 is 1.85 bits per heavy atom. The predicted octanol–water partition coefficient (Wildman–Crippen LogP) is 2.24. The molecule has 2 bridgehead atoms. The molecule has 0 aromatic heterocycles. The maximum atomic E-state index is 14.0. The van der Waals surface area contributed by atoms with Crippen LogP contribution < -0.4 is 10.6 Å². The number of aliphatic hydroxyl groups excluding tert-OH is 1. The third-order valence-electron chi connectivity index (χ3n) is 7.59. The lowest BCUT2D eigenvalue weighted by Gasteiger charge is -2.41. The first-order chi connectivity index (χ1) is 15.7. The molecular weight excluding hydrogens is 434 g/mol. The number of rotatable bonds is 9. The molecule has 3 saturated heterocycles. The second kappa shape index (κ2) is 9.41. The van der Waals surface area contributed by atoms with Crippen molar-refractivity contribution in [3.8, 4) is 0 Å². The van der Waals surface area contributed by atoms with E-state index in [-0.39, 0.29) is 41.8 Å². The number of hydrogen-bond acceptors (Lipinski definition) is 5. The Labute approximate surface area is 204 Å². The highest BCUT2D eigenvalue weighted by atomic mass is 16.5. The Hall–Kier alpha value is -1.67. The monoisotopic (exact) mass is 479 g/mol. The van der Waals surface area contributed by atoms with Crippen molar-refractivity contribution in [2.24, 2.45) is 23.2 Å². The molecule has 0 aliphatic carbocycles. The van der Waals surface area contributed by atoms with Gasteiger partial charge in [-0.15, -0.1) is 0 Å². The summed E-state index contributed by atoms with van der Waals surface area (Å²) in [5.74, 6) is -2.07. The van der Waals surface area contributed by atoms with E-state index in [4.69, 9.17) is 4.74 Å². The van der Waals surface area contributed by atoms with Crippen molar-refractivity contribution in [1.29, 1.82) is 0 Å². The number of amides is 3. The van der Waals surface area contributed by atoms with E-state index in [0.29, 0.717) is 19.4 Å². The maximum absolute atomic E-state index is 14.0. The molecule has 3 heterocycles. The molecule has 3 aliphatic rings. The van der Waals surface area contributed by atoms with Crippen molar-refractivity contribution >= 4 is 17.7 Å². The molecule has 0 aromatic carbocycles. The SMILES string of the molecule is CCCNC(=O)[C@@H]1[C@@H]2CCC3(O2)C(C(=O)NC(C)(C)CC(C)(C)C)N([C@@H](CO)C(C)C)C(=O)[C@H]13.